The number of aliphatic hydroxyl groups excluding tert-OH is 2. The summed E-state index contributed by atoms with van der Waals surface area (Å²) in [6, 6.07) is -1.93. The second-order valence-electron chi connectivity index (χ2n) is 14.3. The molecule has 0 aromatic rings. The zero-order chi connectivity index (χ0) is 33.2. The number of ether oxygens (including phenoxy) is 1. The molecule has 12 atom stereocenters. The molecule has 0 radical (unpaired) electrons. The Morgan fingerprint density at radius 1 is 0.739 bits per heavy atom. The molecule has 0 heterocycles. The van der Waals surface area contributed by atoms with Crippen LogP contribution >= 0.6 is 0 Å². The van der Waals surface area contributed by atoms with Gasteiger partial charge in [-0.2, -0.15) is 37.3 Å². The second-order valence-corrected chi connectivity index (χ2v) is 17.7. The summed E-state index contributed by atoms with van der Waals surface area (Å²) in [4.78, 5) is 0. The maximum absolute atomic E-state index is 12.6. The highest BCUT2D eigenvalue weighted by Crippen LogP contribution is 2.44. The third-order valence-corrected chi connectivity index (χ3v) is 13.8. The van der Waals surface area contributed by atoms with Crippen molar-refractivity contribution in [2.75, 3.05) is 7.11 Å². The van der Waals surface area contributed by atoms with Gasteiger partial charge in [-0.05, 0) is 88.9 Å². The zero-order valence-electron chi connectivity index (χ0n) is 26.5. The lowest BCUT2D eigenvalue weighted by Gasteiger charge is -2.47. The molecule has 7 N–H and O–H groups in total. The van der Waals surface area contributed by atoms with E-state index in [0.29, 0.717) is 38.1 Å². The highest BCUT2D eigenvalue weighted by molar-refractivity contribution is 7.86. The molecule has 0 bridgehead atoms. The molecule has 5 fully saturated rings. The molecule has 0 saturated heterocycles. The topological polar surface area (TPSA) is 246 Å². The predicted molar refractivity (Wildman–Crippen MR) is 169 cm³/mol. The monoisotopic (exact) mass is 692 g/mol. The van der Waals surface area contributed by atoms with Crippen molar-refractivity contribution >= 4 is 20.2 Å². The number of hydrogen-bond donors (Lipinski definition) is 6. The summed E-state index contributed by atoms with van der Waals surface area (Å²) >= 11 is 0. The third kappa shape index (κ3) is 8.88. The number of nitrogens with zero attached hydrogens (tertiary/aromatic N) is 4. The number of methoxy groups -OCH3 is 1. The number of nitrogens with one attached hydrogen (secondary N) is 1. The first-order valence-electron chi connectivity index (χ1n) is 16.9. The number of fused-ring (bicyclic) bond motifs is 1. The minimum atomic E-state index is -4.55. The Hall–Kier alpha value is -1.18. The van der Waals surface area contributed by atoms with Crippen molar-refractivity contribution in [1.82, 2.24) is 5.32 Å². The molecular weight excluding hydrogens is 640 g/mol. The number of rotatable bonds is 9. The van der Waals surface area contributed by atoms with Gasteiger partial charge in [0, 0.05) is 38.1 Å². The van der Waals surface area contributed by atoms with Gasteiger partial charge in [-0.3, -0.25) is 9.11 Å². The molecule has 46 heavy (non-hydrogen) atoms. The molecule has 0 aliphatic heterocycles. The van der Waals surface area contributed by atoms with E-state index < -0.39 is 67.2 Å². The fraction of sp³-hybridized carbons (Fsp3) is 1.00. The first-order chi connectivity index (χ1) is 21.7. The van der Waals surface area contributed by atoms with Crippen LogP contribution in [0.25, 0.3) is 0 Å². The van der Waals surface area contributed by atoms with Crippen molar-refractivity contribution in [2.45, 2.75) is 161 Å². The van der Waals surface area contributed by atoms with Crippen molar-refractivity contribution in [1.29, 1.82) is 0 Å². The number of aliphatic hydroxyl groups is 2. The van der Waals surface area contributed by atoms with Gasteiger partial charge in [0.25, 0.3) is 20.2 Å². The van der Waals surface area contributed by atoms with Crippen molar-refractivity contribution in [2.24, 2.45) is 38.0 Å². The van der Waals surface area contributed by atoms with E-state index in [4.69, 9.17) is 10.5 Å². The van der Waals surface area contributed by atoms with Crippen LogP contribution in [0.1, 0.15) is 89.9 Å². The van der Waals surface area contributed by atoms with Crippen LogP contribution in [-0.4, -0.2) is 114 Å². The van der Waals surface area contributed by atoms with Gasteiger partial charge in [-0.25, -0.2) is 0 Å². The molecular formula is C29H52N6O9S2. The Kier molecular flexibility index (Phi) is 11.9. The Bertz CT molecular complexity index is 1300. The summed E-state index contributed by atoms with van der Waals surface area (Å²) in [6.45, 7) is 0. The molecule has 15 nitrogen and oxygen atoms in total. The van der Waals surface area contributed by atoms with Gasteiger partial charge >= 0.3 is 0 Å². The van der Waals surface area contributed by atoms with E-state index in [2.05, 4.69) is 25.8 Å². The van der Waals surface area contributed by atoms with Crippen molar-refractivity contribution in [3.8, 4) is 0 Å². The lowest BCUT2D eigenvalue weighted by molar-refractivity contribution is -0.0179. The van der Waals surface area contributed by atoms with E-state index in [1.807, 2.05) is 0 Å². The average molecular weight is 693 g/mol. The summed E-state index contributed by atoms with van der Waals surface area (Å²) in [5.41, 5.74) is 6.05. The molecule has 0 aromatic heterocycles. The fourth-order valence-electron chi connectivity index (χ4n) is 8.58. The van der Waals surface area contributed by atoms with E-state index in [0.717, 1.165) is 32.1 Å². The molecule has 5 aliphatic rings. The van der Waals surface area contributed by atoms with Gasteiger partial charge in [-0.1, -0.05) is 0 Å². The van der Waals surface area contributed by atoms with Gasteiger partial charge in [0.1, 0.15) is 11.3 Å². The molecule has 0 amide bonds. The van der Waals surface area contributed by atoms with Crippen LogP contribution in [-0.2, 0) is 25.0 Å². The van der Waals surface area contributed by atoms with Crippen molar-refractivity contribution in [3.05, 3.63) is 0 Å². The lowest BCUT2D eigenvalue weighted by Crippen LogP contribution is -2.56. The predicted octanol–water partition coefficient (Wildman–Crippen LogP) is 2.03. The van der Waals surface area contributed by atoms with Crippen LogP contribution in [0.3, 0.4) is 0 Å². The SMILES string of the molecule is COC1CC(N=NC2C(O)C3CCC(NC4CCC(N)CC4)CC3CC2S(=O)(=O)O)C(O)CC1N=NC1CCCC(S(=O)(=O)O)C1. The zero-order valence-corrected chi connectivity index (χ0v) is 28.1. The van der Waals surface area contributed by atoms with Crippen LogP contribution in [0, 0.1) is 11.8 Å². The number of azo groups is 2. The third-order valence-electron chi connectivity index (χ3n) is 11.3. The van der Waals surface area contributed by atoms with Crippen LogP contribution < -0.4 is 11.1 Å². The van der Waals surface area contributed by atoms with Gasteiger partial charge in [0.15, 0.2) is 0 Å². The van der Waals surface area contributed by atoms with Gasteiger partial charge < -0.3 is 26.0 Å². The van der Waals surface area contributed by atoms with Crippen molar-refractivity contribution < 1.29 is 40.9 Å². The normalized spacial score (nSPS) is 44.7. The quantitative estimate of drug-likeness (QED) is 0.151. The minimum Gasteiger partial charge on any atom is -0.391 e. The van der Waals surface area contributed by atoms with Gasteiger partial charge in [0.2, 0.25) is 0 Å². The van der Waals surface area contributed by atoms with Crippen LogP contribution in [0.4, 0.5) is 0 Å². The molecule has 17 heteroatoms. The summed E-state index contributed by atoms with van der Waals surface area (Å²) < 4.78 is 73.5. The first kappa shape index (κ1) is 36.1. The Labute approximate surface area is 272 Å². The summed E-state index contributed by atoms with van der Waals surface area (Å²) in [5, 5.41) is 41.3. The molecule has 0 aromatic carbocycles. The molecule has 5 rings (SSSR count). The van der Waals surface area contributed by atoms with Crippen LogP contribution in [0.2, 0.25) is 0 Å². The first-order valence-corrected chi connectivity index (χ1v) is 19.9. The lowest BCUT2D eigenvalue weighted by atomic mass is 9.66. The molecule has 12 unspecified atom stereocenters. The molecule has 5 aliphatic carbocycles. The maximum atomic E-state index is 12.6. The second kappa shape index (κ2) is 15.2. The summed E-state index contributed by atoms with van der Waals surface area (Å²) in [5.74, 6) is -0.264. The van der Waals surface area contributed by atoms with E-state index in [-0.39, 0.29) is 55.6 Å². The number of nitrogens with two attached hydrogens (primary N) is 1. The highest BCUT2D eigenvalue weighted by atomic mass is 32.2. The van der Waals surface area contributed by atoms with Crippen LogP contribution in [0.15, 0.2) is 20.5 Å². The molecule has 264 valence electrons. The van der Waals surface area contributed by atoms with E-state index in [1.165, 1.54) is 7.11 Å². The van der Waals surface area contributed by atoms with E-state index in [1.54, 1.807) is 0 Å². The van der Waals surface area contributed by atoms with E-state index >= 15 is 0 Å². The van der Waals surface area contributed by atoms with Gasteiger partial charge in [-0.15, -0.1) is 0 Å². The fourth-order valence-corrected chi connectivity index (χ4v) is 10.6. The Morgan fingerprint density at radius 2 is 1.43 bits per heavy atom. The minimum absolute atomic E-state index is 0.0911. The smallest absolute Gasteiger partial charge is 0.270 e. The van der Waals surface area contributed by atoms with E-state index in [9.17, 15) is 36.2 Å². The maximum Gasteiger partial charge on any atom is 0.270 e. The Morgan fingerprint density at radius 3 is 2.11 bits per heavy atom. The molecule has 5 saturated carbocycles. The summed E-state index contributed by atoms with van der Waals surface area (Å²) in [7, 11) is -7.20. The molecule has 0 spiro atoms. The summed E-state index contributed by atoms with van der Waals surface area (Å²) in [6.07, 6.45) is 6.02. The Balaban J connectivity index is 1.21. The number of hydrogen-bond acceptors (Lipinski definition) is 13. The average Bonchev–Trinajstić information content (AvgIpc) is 3.00. The van der Waals surface area contributed by atoms with Gasteiger partial charge in [0.05, 0.1) is 41.7 Å². The standard InChI is InChI=1S/C29H52N6O9S2/c1-44-26-15-23(25(36)14-24(26)34-32-20-3-2-4-21(13-20)45(38,39)40)33-35-28-27(46(41,42)43)12-16-11-19(9-10-22(16)29(28)37)31-18-7-5-17(30)6-8-18/h16-29,31,36-37H,2-15,30H2,1H3,(H,38,39,40)(H,41,42,43). The van der Waals surface area contributed by atoms with Crippen molar-refractivity contribution in [3.63, 3.8) is 0 Å². The van der Waals surface area contributed by atoms with Crippen LogP contribution in [0.5, 0.6) is 0 Å². The largest absolute Gasteiger partial charge is 0.391 e. The highest BCUT2D eigenvalue weighted by Gasteiger charge is 2.51.